The van der Waals surface area contributed by atoms with Gasteiger partial charge in [0.15, 0.2) is 0 Å². The van der Waals surface area contributed by atoms with Crippen molar-refractivity contribution >= 4 is 36.6 Å². The van der Waals surface area contributed by atoms with Gasteiger partial charge in [-0.1, -0.05) is 36.0 Å². The summed E-state index contributed by atoms with van der Waals surface area (Å²) in [6, 6.07) is 15.9. The Hall–Kier alpha value is -0.910. The molecule has 4 rings (SSSR count). The van der Waals surface area contributed by atoms with E-state index in [0.29, 0.717) is 6.04 Å². The molecule has 2 aromatic carbocycles. The van der Waals surface area contributed by atoms with Crippen LogP contribution in [0.25, 0.3) is 0 Å². The molecule has 0 radical (unpaired) electrons. The largest absolute Gasteiger partial charge is 0.497 e. The number of benzene rings is 2. The van der Waals surface area contributed by atoms with E-state index in [1.807, 2.05) is 11.8 Å². The molecule has 0 saturated carbocycles. The van der Waals surface area contributed by atoms with Crippen molar-refractivity contribution in [2.45, 2.75) is 22.3 Å². The minimum Gasteiger partial charge on any atom is -0.497 e. The quantitative estimate of drug-likeness (QED) is 0.718. The number of halogens is 2. The molecule has 142 valence electrons. The van der Waals surface area contributed by atoms with E-state index < -0.39 is 0 Å². The van der Waals surface area contributed by atoms with Gasteiger partial charge in [-0.3, -0.25) is 4.90 Å². The summed E-state index contributed by atoms with van der Waals surface area (Å²) in [5, 5.41) is 0. The smallest absolute Gasteiger partial charge is 0.120 e. The van der Waals surface area contributed by atoms with E-state index in [4.69, 9.17) is 4.74 Å². The highest BCUT2D eigenvalue weighted by atomic mass is 35.5. The van der Waals surface area contributed by atoms with Crippen LogP contribution in [-0.4, -0.2) is 50.1 Å². The number of hydrogen-bond acceptors (Lipinski definition) is 4. The number of rotatable bonds is 2. The highest BCUT2D eigenvalue weighted by molar-refractivity contribution is 7.99. The monoisotopic (exact) mass is 412 g/mol. The highest BCUT2D eigenvalue weighted by Crippen LogP contribution is 2.44. The van der Waals surface area contributed by atoms with Crippen molar-refractivity contribution in [3.05, 3.63) is 53.6 Å². The summed E-state index contributed by atoms with van der Waals surface area (Å²) in [6.45, 7) is 4.58. The minimum atomic E-state index is 0. The lowest BCUT2D eigenvalue weighted by atomic mass is 9.96. The van der Waals surface area contributed by atoms with Crippen molar-refractivity contribution in [3.63, 3.8) is 0 Å². The number of likely N-dealkylation sites (N-methyl/N-ethyl adjacent to an activating group) is 1. The molecular weight excluding hydrogens is 387 g/mol. The van der Waals surface area contributed by atoms with Crippen LogP contribution in [0.5, 0.6) is 5.75 Å². The first kappa shape index (κ1) is 21.4. The fourth-order valence-corrected chi connectivity index (χ4v) is 4.84. The summed E-state index contributed by atoms with van der Waals surface area (Å²) in [6.07, 6.45) is 1.09. The Balaban J connectivity index is 0.00000121. The summed E-state index contributed by atoms with van der Waals surface area (Å²) in [5.74, 6) is 0.942. The van der Waals surface area contributed by atoms with Crippen molar-refractivity contribution < 1.29 is 4.74 Å². The second kappa shape index (κ2) is 9.34. The standard InChI is InChI=1S/C20H24N2OS.2ClH/c1-21-9-11-22(12-10-21)18-13-15-5-3-4-6-19(15)24-20-14-16(23-2)7-8-17(18)20;;/h3-8,14,18H,9-13H2,1-2H3;2*1H. The van der Waals surface area contributed by atoms with Gasteiger partial charge in [-0.05, 0) is 42.8 Å². The predicted molar refractivity (Wildman–Crippen MR) is 114 cm³/mol. The van der Waals surface area contributed by atoms with Gasteiger partial charge in [0.2, 0.25) is 0 Å². The van der Waals surface area contributed by atoms with Crippen LogP contribution in [0.1, 0.15) is 17.2 Å². The number of nitrogens with zero attached hydrogens (tertiary/aromatic N) is 2. The molecule has 1 fully saturated rings. The van der Waals surface area contributed by atoms with Gasteiger partial charge in [-0.2, -0.15) is 0 Å². The zero-order valence-corrected chi connectivity index (χ0v) is 17.6. The molecule has 0 aliphatic carbocycles. The second-order valence-corrected chi connectivity index (χ2v) is 7.76. The van der Waals surface area contributed by atoms with Crippen LogP contribution in [0.3, 0.4) is 0 Å². The van der Waals surface area contributed by atoms with E-state index in [1.165, 1.54) is 20.9 Å². The number of fused-ring (bicyclic) bond motifs is 2. The van der Waals surface area contributed by atoms with Crippen molar-refractivity contribution in [1.29, 1.82) is 0 Å². The van der Waals surface area contributed by atoms with Crippen LogP contribution in [0.4, 0.5) is 0 Å². The average molecular weight is 413 g/mol. The van der Waals surface area contributed by atoms with E-state index in [1.54, 1.807) is 7.11 Å². The third kappa shape index (κ3) is 4.32. The molecule has 26 heavy (non-hydrogen) atoms. The van der Waals surface area contributed by atoms with Crippen LogP contribution in [0.2, 0.25) is 0 Å². The Morgan fingerprint density at radius 3 is 2.42 bits per heavy atom. The van der Waals surface area contributed by atoms with Crippen LogP contribution in [0.15, 0.2) is 52.3 Å². The van der Waals surface area contributed by atoms with Gasteiger partial charge in [0, 0.05) is 42.0 Å². The van der Waals surface area contributed by atoms with Crippen LogP contribution in [0, 0.1) is 0 Å². The molecular formula is C20H26Cl2N2OS. The molecule has 3 nitrogen and oxygen atoms in total. The third-order valence-corrected chi connectivity index (χ3v) is 6.36. The topological polar surface area (TPSA) is 15.7 Å². The first-order chi connectivity index (χ1) is 11.7. The Bertz CT molecular complexity index is 736. The number of methoxy groups -OCH3 is 1. The molecule has 1 unspecified atom stereocenters. The minimum absolute atomic E-state index is 0. The van der Waals surface area contributed by atoms with Gasteiger partial charge < -0.3 is 9.64 Å². The summed E-state index contributed by atoms with van der Waals surface area (Å²) in [5.41, 5.74) is 2.91. The Morgan fingerprint density at radius 2 is 1.69 bits per heavy atom. The number of hydrogen-bond donors (Lipinski definition) is 0. The van der Waals surface area contributed by atoms with Gasteiger partial charge in [0.25, 0.3) is 0 Å². The van der Waals surface area contributed by atoms with E-state index in [0.717, 1.165) is 38.3 Å². The summed E-state index contributed by atoms with van der Waals surface area (Å²) >= 11 is 1.88. The van der Waals surface area contributed by atoms with E-state index in [-0.39, 0.29) is 24.8 Å². The molecule has 2 aliphatic heterocycles. The maximum atomic E-state index is 5.47. The van der Waals surface area contributed by atoms with Crippen molar-refractivity contribution in [2.75, 3.05) is 40.3 Å². The second-order valence-electron chi connectivity index (χ2n) is 6.67. The molecule has 1 atom stereocenters. The fourth-order valence-electron chi connectivity index (χ4n) is 3.67. The van der Waals surface area contributed by atoms with Crippen molar-refractivity contribution in [1.82, 2.24) is 9.80 Å². The van der Waals surface area contributed by atoms with Gasteiger partial charge in [-0.15, -0.1) is 24.8 Å². The first-order valence-corrected chi connectivity index (χ1v) is 9.42. The van der Waals surface area contributed by atoms with Gasteiger partial charge >= 0.3 is 0 Å². The van der Waals surface area contributed by atoms with Crippen LogP contribution in [-0.2, 0) is 6.42 Å². The van der Waals surface area contributed by atoms with Gasteiger partial charge in [-0.25, -0.2) is 0 Å². The Morgan fingerprint density at radius 1 is 0.962 bits per heavy atom. The maximum Gasteiger partial charge on any atom is 0.120 e. The lowest BCUT2D eigenvalue weighted by molar-refractivity contribution is 0.110. The zero-order valence-electron chi connectivity index (χ0n) is 15.2. The molecule has 2 aromatic rings. The number of ether oxygens (including phenoxy) is 1. The lowest BCUT2D eigenvalue weighted by Crippen LogP contribution is -2.46. The maximum absolute atomic E-state index is 5.47. The molecule has 0 N–H and O–H groups in total. The Kier molecular flexibility index (Phi) is 7.68. The van der Waals surface area contributed by atoms with E-state index in [9.17, 15) is 0 Å². The van der Waals surface area contributed by atoms with Gasteiger partial charge in [0.05, 0.1) is 7.11 Å². The van der Waals surface area contributed by atoms with Crippen molar-refractivity contribution in [2.24, 2.45) is 0 Å². The van der Waals surface area contributed by atoms with Crippen molar-refractivity contribution in [3.8, 4) is 5.75 Å². The molecule has 6 heteroatoms. The predicted octanol–water partition coefficient (Wildman–Crippen LogP) is 4.53. The molecule has 1 saturated heterocycles. The summed E-state index contributed by atoms with van der Waals surface area (Å²) in [7, 11) is 3.96. The van der Waals surface area contributed by atoms with E-state index >= 15 is 0 Å². The first-order valence-electron chi connectivity index (χ1n) is 8.61. The lowest BCUT2D eigenvalue weighted by Gasteiger charge is -2.38. The number of piperazine rings is 1. The Labute approximate surface area is 172 Å². The molecule has 2 heterocycles. The average Bonchev–Trinajstić information content (AvgIpc) is 2.78. The third-order valence-electron chi connectivity index (χ3n) is 5.16. The SMILES string of the molecule is COc1ccc2c(c1)Sc1ccccc1CC2N1CCN(C)CC1.Cl.Cl. The van der Waals surface area contributed by atoms with Crippen LogP contribution >= 0.6 is 36.6 Å². The molecule has 0 spiro atoms. The summed E-state index contributed by atoms with van der Waals surface area (Å²) < 4.78 is 5.47. The zero-order chi connectivity index (χ0) is 16.5. The fraction of sp³-hybridized carbons (Fsp3) is 0.400. The normalized spacial score (nSPS) is 20.0. The molecule has 0 amide bonds. The molecule has 0 bridgehead atoms. The molecule has 0 aromatic heterocycles. The summed E-state index contributed by atoms with van der Waals surface area (Å²) in [4.78, 5) is 7.80. The van der Waals surface area contributed by atoms with Gasteiger partial charge in [0.1, 0.15) is 5.75 Å². The molecule has 2 aliphatic rings. The highest BCUT2D eigenvalue weighted by Gasteiger charge is 2.29. The van der Waals surface area contributed by atoms with E-state index in [2.05, 4.69) is 59.3 Å². The van der Waals surface area contributed by atoms with Crippen LogP contribution < -0.4 is 4.74 Å².